The number of nitrogens with zero attached hydrogens (tertiary/aromatic N) is 2. The van der Waals surface area contributed by atoms with Crippen molar-refractivity contribution in [2.24, 2.45) is 22.1 Å². The van der Waals surface area contributed by atoms with Crippen LogP contribution in [0.5, 0.6) is 0 Å². The summed E-state index contributed by atoms with van der Waals surface area (Å²) in [5, 5.41) is 7.21. The van der Waals surface area contributed by atoms with Gasteiger partial charge >= 0.3 is 0 Å². The van der Waals surface area contributed by atoms with E-state index >= 15 is 0 Å². The number of hydrogen-bond acceptors (Lipinski definition) is 6. The van der Waals surface area contributed by atoms with Crippen molar-refractivity contribution in [3.63, 3.8) is 0 Å². The molecule has 0 aromatic rings. The molecular weight excluding hydrogens is 296 g/mol. The van der Waals surface area contributed by atoms with E-state index in [2.05, 4.69) is 29.0 Å². The van der Waals surface area contributed by atoms with Crippen LogP contribution in [0.1, 0.15) is 48.5 Å². The van der Waals surface area contributed by atoms with Gasteiger partial charge in [0.25, 0.3) is 0 Å². The molecule has 0 aliphatic carbocycles. The summed E-state index contributed by atoms with van der Waals surface area (Å²) in [6.07, 6.45) is 4.27. The molecule has 1 saturated heterocycles. The van der Waals surface area contributed by atoms with Crippen LogP contribution in [0.15, 0.2) is 10.3 Å². The highest BCUT2D eigenvalue weighted by molar-refractivity contribution is 5.58. The van der Waals surface area contributed by atoms with Gasteiger partial charge in [0.2, 0.25) is 0 Å². The Balaban J connectivity index is 0. The monoisotopic (exact) mass is 332 g/mol. The van der Waals surface area contributed by atoms with Gasteiger partial charge in [-0.3, -0.25) is 0 Å². The Hall–Kier alpha value is -1.14. The molecule has 0 aromatic carbocycles. The maximum atomic E-state index is 5.36. The van der Waals surface area contributed by atoms with Crippen LogP contribution in [0.2, 0.25) is 0 Å². The molecule has 1 aliphatic heterocycles. The molecule has 0 bridgehead atoms. The normalized spacial score (nSPS) is 14.6. The van der Waals surface area contributed by atoms with E-state index in [1.165, 1.54) is 0 Å². The van der Waals surface area contributed by atoms with E-state index in [1.807, 2.05) is 34.6 Å². The Morgan fingerprint density at radius 1 is 1.00 bits per heavy atom. The maximum absolute atomic E-state index is 5.36. The van der Waals surface area contributed by atoms with Crippen molar-refractivity contribution in [3.05, 3.63) is 0 Å². The molecule has 0 atom stereocenters. The fourth-order valence-corrected chi connectivity index (χ4v) is 1.10. The molecule has 0 saturated carbocycles. The Bertz CT molecular complexity index is 288. The highest BCUT2D eigenvalue weighted by atomic mass is 16.6. The lowest BCUT2D eigenvalue weighted by molar-refractivity contribution is -0.146. The van der Waals surface area contributed by atoms with Crippen LogP contribution in [0.25, 0.3) is 0 Å². The molecule has 1 rings (SSSR count). The van der Waals surface area contributed by atoms with Gasteiger partial charge in [-0.2, -0.15) is 0 Å². The molecule has 0 amide bonds. The SMILES string of the molecule is CC(C)OC1COC1.CCON=CC(C)C.CON=CC(C)C. The molecule has 1 heterocycles. The van der Waals surface area contributed by atoms with E-state index in [0.717, 1.165) is 13.2 Å². The van der Waals surface area contributed by atoms with Crippen molar-refractivity contribution >= 4 is 12.4 Å². The Morgan fingerprint density at radius 2 is 1.52 bits per heavy atom. The molecule has 1 fully saturated rings. The summed E-state index contributed by atoms with van der Waals surface area (Å²) in [6, 6.07) is 0. The third-order valence-corrected chi connectivity index (χ3v) is 2.10. The van der Waals surface area contributed by atoms with E-state index in [0.29, 0.717) is 30.7 Å². The predicted molar refractivity (Wildman–Crippen MR) is 96.1 cm³/mol. The van der Waals surface area contributed by atoms with Crippen LogP contribution < -0.4 is 0 Å². The Morgan fingerprint density at radius 3 is 1.74 bits per heavy atom. The fraction of sp³-hybridized carbons (Fsp3) is 0.882. The molecule has 23 heavy (non-hydrogen) atoms. The van der Waals surface area contributed by atoms with Gasteiger partial charge in [-0.1, -0.05) is 38.0 Å². The van der Waals surface area contributed by atoms with Gasteiger partial charge in [0.1, 0.15) is 19.8 Å². The van der Waals surface area contributed by atoms with Gasteiger partial charge in [-0.25, -0.2) is 0 Å². The van der Waals surface area contributed by atoms with Gasteiger partial charge in [-0.15, -0.1) is 0 Å². The van der Waals surface area contributed by atoms with Gasteiger partial charge in [0.15, 0.2) is 0 Å². The zero-order chi connectivity index (χ0) is 18.1. The maximum Gasteiger partial charge on any atom is 0.114 e. The molecule has 0 N–H and O–H groups in total. The second-order valence-electron chi connectivity index (χ2n) is 5.94. The smallest absolute Gasteiger partial charge is 0.114 e. The predicted octanol–water partition coefficient (Wildman–Crippen LogP) is 3.75. The van der Waals surface area contributed by atoms with Crippen molar-refractivity contribution < 1.29 is 19.1 Å². The van der Waals surface area contributed by atoms with Crippen molar-refractivity contribution in [3.8, 4) is 0 Å². The van der Waals surface area contributed by atoms with Gasteiger partial charge in [-0.05, 0) is 32.6 Å². The zero-order valence-electron chi connectivity index (χ0n) is 16.1. The lowest BCUT2D eigenvalue weighted by Crippen LogP contribution is -2.37. The summed E-state index contributed by atoms with van der Waals surface area (Å²) in [4.78, 5) is 9.14. The van der Waals surface area contributed by atoms with E-state index in [4.69, 9.17) is 14.3 Å². The first-order valence-corrected chi connectivity index (χ1v) is 8.28. The minimum absolute atomic E-state index is 0.351. The fourth-order valence-electron chi connectivity index (χ4n) is 1.10. The van der Waals surface area contributed by atoms with E-state index in [-0.39, 0.29) is 0 Å². The minimum Gasteiger partial charge on any atom is -0.399 e. The molecule has 1 aliphatic rings. The van der Waals surface area contributed by atoms with Crippen molar-refractivity contribution in [2.45, 2.75) is 60.7 Å². The number of ether oxygens (including phenoxy) is 2. The summed E-state index contributed by atoms with van der Waals surface area (Å²) in [5.41, 5.74) is 0. The molecule has 6 nitrogen and oxygen atoms in total. The summed E-state index contributed by atoms with van der Waals surface area (Å²) in [5.74, 6) is 0.974. The molecular formula is C17H36N2O4. The second-order valence-corrected chi connectivity index (χ2v) is 5.94. The third kappa shape index (κ3) is 23.3. The van der Waals surface area contributed by atoms with Crippen LogP contribution in [0.4, 0.5) is 0 Å². The number of oxime groups is 2. The lowest BCUT2D eigenvalue weighted by atomic mass is 10.3. The molecule has 0 spiro atoms. The van der Waals surface area contributed by atoms with Crippen molar-refractivity contribution in [2.75, 3.05) is 26.9 Å². The van der Waals surface area contributed by atoms with Crippen LogP contribution in [0.3, 0.4) is 0 Å². The molecule has 0 radical (unpaired) electrons. The average molecular weight is 332 g/mol. The van der Waals surface area contributed by atoms with E-state index in [9.17, 15) is 0 Å². The zero-order valence-corrected chi connectivity index (χ0v) is 16.1. The van der Waals surface area contributed by atoms with Crippen LogP contribution >= 0.6 is 0 Å². The van der Waals surface area contributed by atoms with Crippen molar-refractivity contribution in [1.29, 1.82) is 0 Å². The largest absolute Gasteiger partial charge is 0.399 e. The molecule has 138 valence electrons. The van der Waals surface area contributed by atoms with E-state index in [1.54, 1.807) is 19.5 Å². The lowest BCUT2D eigenvalue weighted by Gasteiger charge is -2.27. The molecule has 0 unspecified atom stereocenters. The number of hydrogen-bond donors (Lipinski definition) is 0. The standard InChI is InChI=1S/C6H13NO.C6H12O2.C5H11NO/c1-4-8-7-5-6(2)3;1-5(2)8-6-3-7-4-6;1-5(2)4-6-7-3/h5-6H,4H2,1-3H3;5-6H,3-4H2,1-2H3;4-5H,1-3H3. The van der Waals surface area contributed by atoms with E-state index < -0.39 is 0 Å². The average Bonchev–Trinajstić information content (AvgIpc) is 2.42. The van der Waals surface area contributed by atoms with Crippen LogP contribution in [0, 0.1) is 11.8 Å². The second kappa shape index (κ2) is 17.2. The first-order valence-electron chi connectivity index (χ1n) is 8.28. The summed E-state index contributed by atoms with van der Waals surface area (Å²) in [7, 11) is 1.54. The minimum atomic E-state index is 0.351. The quantitative estimate of drug-likeness (QED) is 0.526. The first kappa shape index (κ1) is 24.1. The summed E-state index contributed by atoms with van der Waals surface area (Å²) in [6.45, 7) is 16.4. The Kier molecular flexibility index (Phi) is 18.1. The van der Waals surface area contributed by atoms with Gasteiger partial charge in [0, 0.05) is 12.4 Å². The number of rotatable bonds is 7. The topological polar surface area (TPSA) is 61.6 Å². The van der Waals surface area contributed by atoms with Gasteiger partial charge < -0.3 is 19.1 Å². The Labute approximate surface area is 142 Å². The highest BCUT2D eigenvalue weighted by Gasteiger charge is 2.19. The molecule has 6 heteroatoms. The first-order chi connectivity index (χ1) is 10.8. The molecule has 0 aromatic heterocycles. The summed E-state index contributed by atoms with van der Waals surface area (Å²) < 4.78 is 10.3. The highest BCUT2D eigenvalue weighted by Crippen LogP contribution is 2.07. The summed E-state index contributed by atoms with van der Waals surface area (Å²) >= 11 is 0. The third-order valence-electron chi connectivity index (χ3n) is 2.10. The van der Waals surface area contributed by atoms with Crippen LogP contribution in [-0.2, 0) is 19.1 Å². The van der Waals surface area contributed by atoms with Gasteiger partial charge in [0.05, 0.1) is 19.3 Å². The van der Waals surface area contributed by atoms with Crippen LogP contribution in [-0.4, -0.2) is 51.6 Å². The van der Waals surface area contributed by atoms with Crippen molar-refractivity contribution in [1.82, 2.24) is 0 Å².